The number of alkyl halides is 3. The molecule has 2 heterocycles. The highest BCUT2D eigenvalue weighted by molar-refractivity contribution is 7.90. The van der Waals surface area contributed by atoms with Crippen molar-refractivity contribution < 1.29 is 26.0 Å². The summed E-state index contributed by atoms with van der Waals surface area (Å²) in [6.07, 6.45) is -2.53. The predicted molar refractivity (Wildman–Crippen MR) is 89.6 cm³/mol. The largest absolute Gasteiger partial charge is 0.435 e. The Morgan fingerprint density at radius 2 is 1.81 bits per heavy atom. The third kappa shape index (κ3) is 3.57. The fourth-order valence-corrected chi connectivity index (χ4v) is 3.64. The molecular formula is C17H13F4N3O2S. The average Bonchev–Trinajstić information content (AvgIpc) is 2.99. The van der Waals surface area contributed by atoms with Crippen molar-refractivity contribution in [2.75, 3.05) is 6.26 Å². The second-order valence-electron chi connectivity index (χ2n) is 5.82. The molecule has 0 atom stereocenters. The molecule has 10 heteroatoms. The summed E-state index contributed by atoms with van der Waals surface area (Å²) in [5.41, 5.74) is -0.881. The molecule has 0 aliphatic carbocycles. The van der Waals surface area contributed by atoms with Gasteiger partial charge in [0.05, 0.1) is 11.4 Å². The first-order chi connectivity index (χ1) is 12.5. The Labute approximate surface area is 152 Å². The number of aromatic nitrogens is 3. The van der Waals surface area contributed by atoms with E-state index in [1.165, 1.54) is 30.5 Å². The average molecular weight is 399 g/mol. The number of hydrogen-bond donors (Lipinski definition) is 0. The number of aryl methyl sites for hydroxylation is 1. The van der Waals surface area contributed by atoms with E-state index in [2.05, 4.69) is 10.1 Å². The van der Waals surface area contributed by atoms with Gasteiger partial charge in [-0.2, -0.15) is 18.3 Å². The van der Waals surface area contributed by atoms with Gasteiger partial charge in [-0.05, 0) is 37.3 Å². The second kappa shape index (κ2) is 6.45. The molecule has 0 aliphatic heterocycles. The van der Waals surface area contributed by atoms with Crippen LogP contribution in [0.3, 0.4) is 0 Å². The summed E-state index contributed by atoms with van der Waals surface area (Å²) in [4.78, 5) is 3.30. The Morgan fingerprint density at radius 3 is 2.41 bits per heavy atom. The molecule has 0 saturated heterocycles. The lowest BCUT2D eigenvalue weighted by Gasteiger charge is -2.13. The van der Waals surface area contributed by atoms with Crippen LogP contribution < -0.4 is 0 Å². The van der Waals surface area contributed by atoms with Crippen LogP contribution >= 0.6 is 0 Å². The van der Waals surface area contributed by atoms with Gasteiger partial charge in [0.1, 0.15) is 10.7 Å². The van der Waals surface area contributed by atoms with Crippen LogP contribution in [-0.4, -0.2) is 29.4 Å². The van der Waals surface area contributed by atoms with Crippen LogP contribution in [0.1, 0.15) is 11.4 Å². The number of nitrogens with zero attached hydrogens (tertiary/aromatic N) is 3. The smallest absolute Gasteiger partial charge is 0.261 e. The molecule has 0 radical (unpaired) electrons. The van der Waals surface area contributed by atoms with E-state index in [1.807, 2.05) is 0 Å². The first-order valence-corrected chi connectivity index (χ1v) is 9.47. The fourth-order valence-electron chi connectivity index (χ4n) is 2.68. The van der Waals surface area contributed by atoms with Gasteiger partial charge in [0.15, 0.2) is 15.5 Å². The van der Waals surface area contributed by atoms with Crippen molar-refractivity contribution in [3.05, 3.63) is 59.8 Å². The lowest BCUT2D eigenvalue weighted by Crippen LogP contribution is -2.12. The number of rotatable bonds is 3. The number of benzene rings is 1. The maximum atomic E-state index is 14.2. The molecule has 2 aromatic heterocycles. The van der Waals surface area contributed by atoms with Crippen LogP contribution in [0.5, 0.6) is 0 Å². The minimum absolute atomic E-state index is 0.0524. The van der Waals surface area contributed by atoms with E-state index in [0.717, 1.165) is 23.1 Å². The highest BCUT2D eigenvalue weighted by atomic mass is 32.2. The molecule has 27 heavy (non-hydrogen) atoms. The fraction of sp³-hybridized carbons (Fsp3) is 0.176. The molecule has 0 N–H and O–H groups in total. The quantitative estimate of drug-likeness (QED) is 0.629. The van der Waals surface area contributed by atoms with Crippen molar-refractivity contribution in [2.45, 2.75) is 18.0 Å². The standard InChI is InChI=1S/C17H13F4N3O2S/c1-10-11(5-4-8-22-10)14-9-15(17(19,20)21)23-24(14)13-7-3-6-12(18)16(13)27(2,25)26/h3-9H,1-2H3. The van der Waals surface area contributed by atoms with Gasteiger partial charge in [0.25, 0.3) is 0 Å². The van der Waals surface area contributed by atoms with Crippen molar-refractivity contribution in [1.82, 2.24) is 14.8 Å². The summed E-state index contributed by atoms with van der Waals surface area (Å²) in [5, 5.41) is 3.52. The number of sulfone groups is 1. The molecule has 0 bridgehead atoms. The van der Waals surface area contributed by atoms with E-state index in [9.17, 15) is 26.0 Å². The molecule has 0 amide bonds. The van der Waals surface area contributed by atoms with Crippen molar-refractivity contribution in [3.8, 4) is 16.9 Å². The summed E-state index contributed by atoms with van der Waals surface area (Å²) < 4.78 is 78.8. The minimum atomic E-state index is -4.77. The summed E-state index contributed by atoms with van der Waals surface area (Å²) in [7, 11) is -4.08. The van der Waals surface area contributed by atoms with Crippen LogP contribution in [0, 0.1) is 12.7 Å². The van der Waals surface area contributed by atoms with Crippen LogP contribution in [0.4, 0.5) is 17.6 Å². The van der Waals surface area contributed by atoms with Crippen LogP contribution in [0.15, 0.2) is 47.5 Å². The molecule has 5 nitrogen and oxygen atoms in total. The van der Waals surface area contributed by atoms with Crippen LogP contribution in [0.2, 0.25) is 0 Å². The normalized spacial score (nSPS) is 12.4. The van der Waals surface area contributed by atoms with E-state index in [0.29, 0.717) is 11.3 Å². The molecule has 0 fully saturated rings. The highest BCUT2D eigenvalue weighted by Crippen LogP contribution is 2.35. The predicted octanol–water partition coefficient (Wildman–Crippen LogP) is 3.80. The van der Waals surface area contributed by atoms with E-state index < -0.39 is 32.4 Å². The third-order valence-corrected chi connectivity index (χ3v) is 4.97. The zero-order valence-electron chi connectivity index (χ0n) is 14.1. The van der Waals surface area contributed by atoms with Crippen LogP contribution in [0.25, 0.3) is 16.9 Å². The zero-order chi connectivity index (χ0) is 20.0. The lowest BCUT2D eigenvalue weighted by molar-refractivity contribution is -0.141. The van der Waals surface area contributed by atoms with Crippen LogP contribution in [-0.2, 0) is 16.0 Å². The van der Waals surface area contributed by atoms with Gasteiger partial charge >= 0.3 is 6.18 Å². The van der Waals surface area contributed by atoms with Crippen molar-refractivity contribution in [3.63, 3.8) is 0 Å². The molecule has 0 aliphatic rings. The Hall–Kier alpha value is -2.75. The molecule has 0 spiro atoms. The Kier molecular flexibility index (Phi) is 4.54. The van der Waals surface area contributed by atoms with Gasteiger partial charge in [-0.3, -0.25) is 4.98 Å². The molecule has 0 unspecified atom stereocenters. The first-order valence-electron chi connectivity index (χ1n) is 7.58. The van der Waals surface area contributed by atoms with Gasteiger partial charge in [-0.25, -0.2) is 17.5 Å². The second-order valence-corrected chi connectivity index (χ2v) is 7.77. The number of pyridine rings is 1. The van der Waals surface area contributed by atoms with Crippen molar-refractivity contribution in [2.24, 2.45) is 0 Å². The lowest BCUT2D eigenvalue weighted by atomic mass is 10.1. The summed E-state index contributed by atoms with van der Waals surface area (Å²) in [5.74, 6) is -1.08. The van der Waals surface area contributed by atoms with Gasteiger partial charge in [0, 0.05) is 23.7 Å². The molecule has 142 valence electrons. The van der Waals surface area contributed by atoms with Gasteiger partial charge in [-0.15, -0.1) is 0 Å². The SMILES string of the molecule is Cc1ncccc1-c1cc(C(F)(F)F)nn1-c1cccc(F)c1S(C)(=O)=O. The Balaban J connectivity index is 2.40. The molecule has 3 aromatic rings. The Bertz CT molecular complexity index is 1120. The van der Waals surface area contributed by atoms with E-state index in [-0.39, 0.29) is 11.4 Å². The molecular weight excluding hydrogens is 386 g/mol. The van der Waals surface area contributed by atoms with Gasteiger partial charge in [-0.1, -0.05) is 6.07 Å². The maximum absolute atomic E-state index is 14.2. The number of halogens is 4. The summed E-state index contributed by atoms with van der Waals surface area (Å²) in [6.45, 7) is 1.59. The van der Waals surface area contributed by atoms with E-state index >= 15 is 0 Å². The Morgan fingerprint density at radius 1 is 1.11 bits per heavy atom. The molecule has 0 saturated carbocycles. The molecule has 3 rings (SSSR count). The van der Waals surface area contributed by atoms with Crippen molar-refractivity contribution in [1.29, 1.82) is 0 Å². The zero-order valence-corrected chi connectivity index (χ0v) is 14.9. The topological polar surface area (TPSA) is 64.8 Å². The van der Waals surface area contributed by atoms with Gasteiger partial charge in [0.2, 0.25) is 0 Å². The highest BCUT2D eigenvalue weighted by Gasteiger charge is 2.36. The summed E-state index contributed by atoms with van der Waals surface area (Å²) in [6, 6.07) is 7.14. The van der Waals surface area contributed by atoms with E-state index in [1.54, 1.807) is 6.92 Å². The third-order valence-electron chi connectivity index (χ3n) is 3.83. The number of hydrogen-bond acceptors (Lipinski definition) is 4. The van der Waals surface area contributed by atoms with E-state index in [4.69, 9.17) is 0 Å². The van der Waals surface area contributed by atoms with Gasteiger partial charge < -0.3 is 0 Å². The monoisotopic (exact) mass is 399 g/mol. The first kappa shape index (κ1) is 19.0. The maximum Gasteiger partial charge on any atom is 0.435 e. The van der Waals surface area contributed by atoms with Crippen molar-refractivity contribution >= 4 is 9.84 Å². The summed E-state index contributed by atoms with van der Waals surface area (Å²) >= 11 is 0. The minimum Gasteiger partial charge on any atom is -0.261 e. The molecule has 1 aromatic carbocycles.